The van der Waals surface area contributed by atoms with Crippen LogP contribution in [0, 0.1) is 13.8 Å². The highest BCUT2D eigenvalue weighted by molar-refractivity contribution is 6.32. The molecular weight excluding hydrogens is 382 g/mol. The number of benzene rings is 2. The molecule has 1 amide bonds. The number of aryl methyl sites for hydroxylation is 2. The van der Waals surface area contributed by atoms with E-state index < -0.39 is 11.9 Å². The van der Waals surface area contributed by atoms with Crippen molar-refractivity contribution in [2.24, 2.45) is 0 Å². The summed E-state index contributed by atoms with van der Waals surface area (Å²) in [5.41, 5.74) is 3.35. The van der Waals surface area contributed by atoms with Gasteiger partial charge in [0.15, 0.2) is 18.1 Å². The van der Waals surface area contributed by atoms with Crippen LogP contribution >= 0.6 is 11.6 Å². The first kappa shape index (κ1) is 21.3. The minimum absolute atomic E-state index is 0.350. The lowest BCUT2D eigenvalue weighted by Gasteiger charge is -2.10. The Morgan fingerprint density at radius 2 is 1.71 bits per heavy atom. The molecule has 0 radical (unpaired) electrons. The van der Waals surface area contributed by atoms with E-state index in [1.165, 1.54) is 26.4 Å². The van der Waals surface area contributed by atoms with Crippen molar-refractivity contribution in [1.82, 2.24) is 0 Å². The lowest BCUT2D eigenvalue weighted by atomic mass is 10.1. The lowest BCUT2D eigenvalue weighted by Crippen LogP contribution is -2.20. The summed E-state index contributed by atoms with van der Waals surface area (Å²) in [4.78, 5) is 23.8. The number of esters is 1. The predicted octanol–water partition coefficient (Wildman–Crippen LogP) is 4.17. The summed E-state index contributed by atoms with van der Waals surface area (Å²) in [6.07, 6.45) is 2.72. The number of rotatable bonds is 7. The summed E-state index contributed by atoms with van der Waals surface area (Å²) < 4.78 is 15.3. The molecule has 7 heteroatoms. The van der Waals surface area contributed by atoms with Crippen molar-refractivity contribution in [1.29, 1.82) is 0 Å². The maximum atomic E-state index is 12.0. The molecule has 6 nitrogen and oxygen atoms in total. The second-order valence-electron chi connectivity index (χ2n) is 6.10. The molecule has 2 aromatic carbocycles. The first-order valence-corrected chi connectivity index (χ1v) is 8.84. The van der Waals surface area contributed by atoms with Gasteiger partial charge in [-0.25, -0.2) is 4.79 Å². The molecule has 0 saturated heterocycles. The molecule has 0 unspecified atom stereocenters. The first-order chi connectivity index (χ1) is 13.3. The number of carbonyl (C=O) groups excluding carboxylic acids is 2. The lowest BCUT2D eigenvalue weighted by molar-refractivity contribution is -0.142. The van der Waals surface area contributed by atoms with Crippen molar-refractivity contribution in [3.8, 4) is 11.5 Å². The highest BCUT2D eigenvalue weighted by atomic mass is 35.5. The Labute approximate surface area is 169 Å². The zero-order valence-electron chi connectivity index (χ0n) is 16.2. The van der Waals surface area contributed by atoms with Crippen LogP contribution in [-0.2, 0) is 14.3 Å². The molecule has 2 aromatic rings. The molecule has 1 N–H and O–H groups in total. The smallest absolute Gasteiger partial charge is 0.331 e. The Morgan fingerprint density at radius 3 is 2.32 bits per heavy atom. The summed E-state index contributed by atoms with van der Waals surface area (Å²) in [7, 11) is 2.98. The van der Waals surface area contributed by atoms with E-state index in [2.05, 4.69) is 5.32 Å². The van der Waals surface area contributed by atoms with E-state index in [1.54, 1.807) is 12.1 Å². The number of methoxy groups -OCH3 is 2. The third-order valence-electron chi connectivity index (χ3n) is 3.72. The molecule has 0 fully saturated rings. The van der Waals surface area contributed by atoms with Crippen LogP contribution in [0.15, 0.2) is 36.4 Å². The van der Waals surface area contributed by atoms with Crippen LogP contribution < -0.4 is 14.8 Å². The molecule has 0 heterocycles. The fourth-order valence-corrected chi connectivity index (χ4v) is 2.92. The summed E-state index contributed by atoms with van der Waals surface area (Å²) in [5, 5.41) is 3.05. The van der Waals surface area contributed by atoms with Gasteiger partial charge in [0.2, 0.25) is 0 Å². The van der Waals surface area contributed by atoms with Gasteiger partial charge in [-0.15, -0.1) is 0 Å². The van der Waals surface area contributed by atoms with Crippen LogP contribution in [0.4, 0.5) is 5.69 Å². The van der Waals surface area contributed by atoms with Crippen molar-refractivity contribution in [3.05, 3.63) is 58.1 Å². The molecule has 28 heavy (non-hydrogen) atoms. The largest absolute Gasteiger partial charge is 0.493 e. The summed E-state index contributed by atoms with van der Waals surface area (Å²) in [5.74, 6) is -0.217. The number of ether oxygens (including phenoxy) is 3. The zero-order valence-corrected chi connectivity index (χ0v) is 16.9. The molecule has 0 aliphatic carbocycles. The molecule has 2 rings (SSSR count). The molecule has 0 aromatic heterocycles. The quantitative estimate of drug-likeness (QED) is 0.554. The molecule has 0 saturated carbocycles. The van der Waals surface area contributed by atoms with Crippen LogP contribution in [0.5, 0.6) is 11.5 Å². The monoisotopic (exact) mass is 403 g/mol. The highest BCUT2D eigenvalue weighted by Crippen LogP contribution is 2.36. The average Bonchev–Trinajstić information content (AvgIpc) is 2.63. The van der Waals surface area contributed by atoms with Gasteiger partial charge in [0.05, 0.1) is 19.2 Å². The van der Waals surface area contributed by atoms with Crippen LogP contribution in [0.2, 0.25) is 5.02 Å². The minimum atomic E-state index is -0.651. The first-order valence-electron chi connectivity index (χ1n) is 8.47. The van der Waals surface area contributed by atoms with Gasteiger partial charge in [-0.1, -0.05) is 17.7 Å². The molecule has 0 spiro atoms. The Kier molecular flexibility index (Phi) is 7.46. The minimum Gasteiger partial charge on any atom is -0.493 e. The second-order valence-corrected chi connectivity index (χ2v) is 6.51. The van der Waals surface area contributed by atoms with Gasteiger partial charge in [0.25, 0.3) is 5.91 Å². The molecule has 0 aliphatic heterocycles. The third kappa shape index (κ3) is 6.03. The van der Waals surface area contributed by atoms with Crippen molar-refractivity contribution >= 4 is 35.2 Å². The topological polar surface area (TPSA) is 73.9 Å². The number of halogens is 1. The molecular formula is C21H22ClNO5. The van der Waals surface area contributed by atoms with Crippen LogP contribution in [0.1, 0.15) is 16.7 Å². The number of nitrogens with one attached hydrogen (secondary N) is 1. The maximum absolute atomic E-state index is 12.0. The van der Waals surface area contributed by atoms with Gasteiger partial charge < -0.3 is 19.5 Å². The van der Waals surface area contributed by atoms with E-state index in [9.17, 15) is 9.59 Å². The number of hydrogen-bond donors (Lipinski definition) is 1. The van der Waals surface area contributed by atoms with Crippen LogP contribution in [0.3, 0.4) is 0 Å². The normalized spacial score (nSPS) is 10.6. The van der Waals surface area contributed by atoms with Crippen molar-refractivity contribution < 1.29 is 23.8 Å². The Balaban J connectivity index is 1.93. The van der Waals surface area contributed by atoms with Gasteiger partial charge in [0.1, 0.15) is 0 Å². The van der Waals surface area contributed by atoms with Gasteiger partial charge in [-0.05, 0) is 60.9 Å². The van der Waals surface area contributed by atoms with E-state index in [0.717, 1.165) is 11.1 Å². The molecule has 0 atom stereocenters. The van der Waals surface area contributed by atoms with E-state index in [1.807, 2.05) is 32.0 Å². The summed E-state index contributed by atoms with van der Waals surface area (Å²) >= 11 is 6.12. The fraction of sp³-hybridized carbons (Fsp3) is 0.238. The highest BCUT2D eigenvalue weighted by Gasteiger charge is 2.10. The van der Waals surface area contributed by atoms with Gasteiger partial charge in [0, 0.05) is 11.8 Å². The van der Waals surface area contributed by atoms with E-state index >= 15 is 0 Å². The number of carbonyl (C=O) groups is 2. The number of amides is 1. The van der Waals surface area contributed by atoms with Crippen molar-refractivity contribution in [2.75, 3.05) is 26.1 Å². The number of hydrogen-bond acceptors (Lipinski definition) is 5. The maximum Gasteiger partial charge on any atom is 0.331 e. The van der Waals surface area contributed by atoms with E-state index in [4.69, 9.17) is 25.8 Å². The average molecular weight is 404 g/mol. The molecule has 148 valence electrons. The van der Waals surface area contributed by atoms with Crippen molar-refractivity contribution in [3.63, 3.8) is 0 Å². The summed E-state index contributed by atoms with van der Waals surface area (Å²) in [6, 6.07) is 8.97. The molecule has 0 aliphatic rings. The Morgan fingerprint density at radius 1 is 1.04 bits per heavy atom. The predicted molar refractivity (Wildman–Crippen MR) is 109 cm³/mol. The summed E-state index contributed by atoms with van der Waals surface area (Å²) in [6.45, 7) is 3.49. The zero-order chi connectivity index (χ0) is 20.7. The van der Waals surface area contributed by atoms with Crippen molar-refractivity contribution in [2.45, 2.75) is 13.8 Å². The molecule has 0 bridgehead atoms. The number of anilines is 1. The SMILES string of the molecule is COc1cc(/C=C/C(=O)OCC(=O)Nc2cc(C)cc(C)c2)cc(Cl)c1OC. The van der Waals surface area contributed by atoms with Crippen LogP contribution in [0.25, 0.3) is 6.08 Å². The Bertz CT molecular complexity index is 888. The third-order valence-corrected chi connectivity index (χ3v) is 4.00. The Hall–Kier alpha value is -2.99. The standard InChI is InChI=1S/C21H22ClNO5/c1-13-7-14(2)9-16(8-13)23-19(24)12-28-20(25)6-5-15-10-17(22)21(27-4)18(11-15)26-3/h5-11H,12H2,1-4H3,(H,23,24)/b6-5+. The van der Waals surface area contributed by atoms with E-state index in [-0.39, 0.29) is 6.61 Å². The van der Waals surface area contributed by atoms with E-state index in [0.29, 0.717) is 27.8 Å². The van der Waals surface area contributed by atoms with Gasteiger partial charge >= 0.3 is 5.97 Å². The van der Waals surface area contributed by atoms with Crippen LogP contribution in [-0.4, -0.2) is 32.7 Å². The van der Waals surface area contributed by atoms with Gasteiger partial charge in [-0.3, -0.25) is 4.79 Å². The second kappa shape index (κ2) is 9.80. The fourth-order valence-electron chi connectivity index (χ4n) is 2.63. The van der Waals surface area contributed by atoms with Gasteiger partial charge in [-0.2, -0.15) is 0 Å².